The van der Waals surface area contributed by atoms with E-state index >= 15 is 0 Å². The summed E-state index contributed by atoms with van der Waals surface area (Å²) in [6.07, 6.45) is 0. The number of fused-ring (bicyclic) bond motifs is 1. The van der Waals surface area contributed by atoms with E-state index in [0.717, 1.165) is 14.7 Å². The van der Waals surface area contributed by atoms with Crippen molar-refractivity contribution in [2.24, 2.45) is 0 Å². The van der Waals surface area contributed by atoms with E-state index < -0.39 is 0 Å². The molecule has 1 nitrogen and oxygen atoms in total. The number of benzene rings is 1. The summed E-state index contributed by atoms with van der Waals surface area (Å²) in [6, 6.07) is 3.66. The average molecular weight is 283 g/mol. The van der Waals surface area contributed by atoms with Gasteiger partial charge in [0.1, 0.15) is 0 Å². The molecule has 0 aliphatic carbocycles. The zero-order valence-electron chi connectivity index (χ0n) is 5.64. The Morgan fingerprint density at radius 1 is 1.33 bits per heavy atom. The van der Waals surface area contributed by atoms with E-state index in [0.29, 0.717) is 9.49 Å². The molecule has 0 aliphatic rings. The molecule has 12 heavy (non-hydrogen) atoms. The lowest BCUT2D eigenvalue weighted by atomic mass is 10.3. The highest BCUT2D eigenvalue weighted by molar-refractivity contribution is 9.10. The Bertz CT molecular complexity index is 440. The molecule has 1 heterocycles. The first kappa shape index (κ1) is 8.75. The minimum Gasteiger partial charge on any atom is -0.224 e. The second-order valence-electron chi connectivity index (χ2n) is 2.20. The highest BCUT2D eigenvalue weighted by Crippen LogP contribution is 2.33. The fourth-order valence-electron chi connectivity index (χ4n) is 0.930. The number of rotatable bonds is 0. The van der Waals surface area contributed by atoms with Gasteiger partial charge in [0.2, 0.25) is 0 Å². The van der Waals surface area contributed by atoms with Crippen molar-refractivity contribution in [2.45, 2.75) is 0 Å². The van der Waals surface area contributed by atoms with E-state index in [2.05, 4.69) is 20.9 Å². The number of nitrogens with zero attached hydrogens (tertiary/aromatic N) is 1. The summed E-state index contributed by atoms with van der Waals surface area (Å²) in [5.74, 6) is 0. The first-order valence-corrected chi connectivity index (χ1v) is 5.44. The van der Waals surface area contributed by atoms with E-state index in [1.54, 1.807) is 6.07 Å². The SMILES string of the molecule is Clc1cc(Br)c2nc(Cl)sc2c1. The number of thiazole rings is 1. The molecule has 1 aromatic carbocycles. The van der Waals surface area contributed by atoms with Gasteiger partial charge in [-0.2, -0.15) is 0 Å². The van der Waals surface area contributed by atoms with Crippen LogP contribution in [0, 0.1) is 0 Å². The summed E-state index contributed by atoms with van der Waals surface area (Å²) >= 11 is 16.4. The Hall–Kier alpha value is 0.170. The van der Waals surface area contributed by atoms with E-state index in [-0.39, 0.29) is 0 Å². The Kier molecular flexibility index (Phi) is 2.29. The van der Waals surface area contributed by atoms with Crippen LogP contribution in [0.1, 0.15) is 0 Å². The first-order chi connectivity index (χ1) is 5.66. The van der Waals surface area contributed by atoms with E-state index in [9.17, 15) is 0 Å². The maximum absolute atomic E-state index is 5.84. The smallest absolute Gasteiger partial charge is 0.184 e. The van der Waals surface area contributed by atoms with Gasteiger partial charge < -0.3 is 0 Å². The molecule has 0 atom stereocenters. The van der Waals surface area contributed by atoms with Crippen molar-refractivity contribution in [2.75, 3.05) is 0 Å². The molecule has 0 unspecified atom stereocenters. The van der Waals surface area contributed by atoms with E-state index in [4.69, 9.17) is 23.2 Å². The molecule has 2 rings (SSSR count). The van der Waals surface area contributed by atoms with Crippen molar-refractivity contribution in [3.8, 4) is 0 Å². The summed E-state index contributed by atoms with van der Waals surface area (Å²) in [5.41, 5.74) is 0.870. The number of halogens is 3. The lowest BCUT2D eigenvalue weighted by molar-refractivity contribution is 1.48. The zero-order valence-corrected chi connectivity index (χ0v) is 9.56. The largest absolute Gasteiger partial charge is 0.224 e. The van der Waals surface area contributed by atoms with Gasteiger partial charge in [0.15, 0.2) is 4.47 Å². The first-order valence-electron chi connectivity index (χ1n) is 3.08. The monoisotopic (exact) mass is 281 g/mol. The van der Waals surface area contributed by atoms with Crippen LogP contribution in [0.4, 0.5) is 0 Å². The van der Waals surface area contributed by atoms with Crippen molar-refractivity contribution in [1.82, 2.24) is 4.98 Å². The molecular formula is C7H2BrCl2NS. The van der Waals surface area contributed by atoms with Gasteiger partial charge in [-0.25, -0.2) is 4.98 Å². The van der Waals surface area contributed by atoms with Crippen molar-refractivity contribution < 1.29 is 0 Å². The summed E-state index contributed by atoms with van der Waals surface area (Å²) in [6.45, 7) is 0. The van der Waals surface area contributed by atoms with Crippen LogP contribution < -0.4 is 0 Å². The molecule has 0 bridgehead atoms. The van der Waals surface area contributed by atoms with Gasteiger partial charge in [-0.05, 0) is 28.1 Å². The molecule has 0 radical (unpaired) electrons. The molecular weight excluding hydrogens is 281 g/mol. The predicted molar refractivity (Wildman–Crippen MR) is 57.3 cm³/mol. The van der Waals surface area contributed by atoms with Gasteiger partial charge in [-0.3, -0.25) is 0 Å². The lowest BCUT2D eigenvalue weighted by Crippen LogP contribution is -1.70. The van der Waals surface area contributed by atoms with Crippen LogP contribution in [-0.4, -0.2) is 4.98 Å². The topological polar surface area (TPSA) is 12.9 Å². The molecule has 0 N–H and O–H groups in total. The van der Waals surface area contributed by atoms with Gasteiger partial charge in [0, 0.05) is 9.50 Å². The van der Waals surface area contributed by atoms with Crippen LogP contribution in [0.15, 0.2) is 16.6 Å². The van der Waals surface area contributed by atoms with Gasteiger partial charge in [-0.15, -0.1) is 11.3 Å². The summed E-state index contributed by atoms with van der Waals surface area (Å²) in [7, 11) is 0. The minimum atomic E-state index is 0.535. The van der Waals surface area contributed by atoms with Gasteiger partial charge in [0.25, 0.3) is 0 Å². The van der Waals surface area contributed by atoms with E-state index in [1.807, 2.05) is 6.07 Å². The molecule has 2 aromatic rings. The fraction of sp³-hybridized carbons (Fsp3) is 0. The van der Waals surface area contributed by atoms with Gasteiger partial charge in [0.05, 0.1) is 10.2 Å². The highest BCUT2D eigenvalue weighted by Gasteiger charge is 2.06. The van der Waals surface area contributed by atoms with Crippen molar-refractivity contribution in [3.05, 3.63) is 26.1 Å². The van der Waals surface area contributed by atoms with Crippen LogP contribution >= 0.6 is 50.5 Å². The second-order valence-corrected chi connectivity index (χ2v) is 5.10. The highest BCUT2D eigenvalue weighted by atomic mass is 79.9. The Balaban J connectivity index is 2.88. The third kappa shape index (κ3) is 1.46. The predicted octanol–water partition coefficient (Wildman–Crippen LogP) is 4.37. The lowest BCUT2D eigenvalue weighted by Gasteiger charge is -1.92. The molecule has 0 fully saturated rings. The second kappa shape index (κ2) is 3.14. The third-order valence-corrected chi connectivity index (χ3v) is 3.32. The van der Waals surface area contributed by atoms with Crippen LogP contribution in [0.3, 0.4) is 0 Å². The van der Waals surface area contributed by atoms with Gasteiger partial charge in [-0.1, -0.05) is 23.2 Å². The van der Waals surface area contributed by atoms with Gasteiger partial charge >= 0.3 is 0 Å². The minimum absolute atomic E-state index is 0.535. The average Bonchev–Trinajstić information content (AvgIpc) is 2.29. The van der Waals surface area contributed by atoms with Crippen LogP contribution in [0.2, 0.25) is 9.49 Å². The maximum Gasteiger partial charge on any atom is 0.184 e. The standard InChI is InChI=1S/C7H2BrCl2NS/c8-4-1-3(9)2-5-6(4)11-7(10)12-5/h1-2H. The maximum atomic E-state index is 5.84. The molecule has 62 valence electrons. The summed E-state index contributed by atoms with van der Waals surface area (Å²) in [4.78, 5) is 4.13. The Morgan fingerprint density at radius 2 is 2.08 bits per heavy atom. The summed E-state index contributed by atoms with van der Waals surface area (Å²) < 4.78 is 2.42. The van der Waals surface area contributed by atoms with Crippen LogP contribution in [0.25, 0.3) is 10.2 Å². The van der Waals surface area contributed by atoms with Crippen LogP contribution in [0.5, 0.6) is 0 Å². The van der Waals surface area contributed by atoms with Crippen LogP contribution in [-0.2, 0) is 0 Å². The normalized spacial score (nSPS) is 10.9. The number of hydrogen-bond donors (Lipinski definition) is 0. The molecule has 5 heteroatoms. The van der Waals surface area contributed by atoms with E-state index in [1.165, 1.54) is 11.3 Å². The number of aromatic nitrogens is 1. The molecule has 1 aromatic heterocycles. The Morgan fingerprint density at radius 3 is 2.83 bits per heavy atom. The van der Waals surface area contributed by atoms with Crippen molar-refractivity contribution >= 4 is 60.7 Å². The fourth-order valence-corrected chi connectivity index (χ4v) is 3.12. The van der Waals surface area contributed by atoms with Crippen molar-refractivity contribution in [1.29, 1.82) is 0 Å². The summed E-state index contributed by atoms with van der Waals surface area (Å²) in [5, 5.41) is 0.690. The molecule has 0 amide bonds. The molecule has 0 saturated carbocycles. The van der Waals surface area contributed by atoms with Crippen molar-refractivity contribution in [3.63, 3.8) is 0 Å². The third-order valence-electron chi connectivity index (χ3n) is 1.39. The molecule has 0 aliphatic heterocycles. The Labute approximate surface area is 91.4 Å². The quantitative estimate of drug-likeness (QED) is 0.699. The molecule has 0 saturated heterocycles. The zero-order chi connectivity index (χ0) is 8.72. The molecule has 0 spiro atoms. The number of hydrogen-bond acceptors (Lipinski definition) is 2.